The Kier molecular flexibility index (Phi) is 7.70. The maximum absolute atomic E-state index is 5.35. The molecule has 20 heavy (non-hydrogen) atoms. The van der Waals surface area contributed by atoms with Gasteiger partial charge in [-0.3, -0.25) is 0 Å². The van der Waals surface area contributed by atoms with Crippen LogP contribution >= 0.6 is 11.8 Å². The van der Waals surface area contributed by atoms with Gasteiger partial charge in [-0.15, -0.1) is 11.8 Å². The molecule has 3 nitrogen and oxygen atoms in total. The van der Waals surface area contributed by atoms with E-state index in [4.69, 9.17) is 4.84 Å². The number of hydrogen-bond acceptors (Lipinski definition) is 4. The molecule has 0 aromatic heterocycles. The van der Waals surface area contributed by atoms with E-state index < -0.39 is 0 Å². The second-order valence-electron chi connectivity index (χ2n) is 5.36. The van der Waals surface area contributed by atoms with E-state index in [0.717, 1.165) is 24.2 Å². The van der Waals surface area contributed by atoms with E-state index in [1.54, 1.807) is 0 Å². The van der Waals surface area contributed by atoms with Crippen molar-refractivity contribution >= 4 is 17.5 Å². The van der Waals surface area contributed by atoms with E-state index in [2.05, 4.69) is 62.3 Å². The summed E-state index contributed by atoms with van der Waals surface area (Å²) in [4.78, 5) is 8.79. The highest BCUT2D eigenvalue weighted by Crippen LogP contribution is 2.23. The highest BCUT2D eigenvalue weighted by molar-refractivity contribution is 7.99. The van der Waals surface area contributed by atoms with Crippen LogP contribution in [-0.2, 0) is 4.84 Å². The minimum Gasteiger partial charge on any atom is -0.396 e. The standard InChI is InChI=1S/C16H26N2OS/c1-13(2)20-16-9-7-15(8-10-16)14(3)17-19-12-6-11-18(4)5/h7-10,13H,6,11-12H2,1-5H3/b17-14+. The Bertz CT molecular complexity index is 413. The van der Waals surface area contributed by atoms with Crippen LogP contribution in [0.4, 0.5) is 0 Å². The van der Waals surface area contributed by atoms with Crippen LogP contribution in [0.2, 0.25) is 0 Å². The molecule has 1 aromatic rings. The minimum absolute atomic E-state index is 0.607. The average Bonchev–Trinajstić information content (AvgIpc) is 2.38. The fourth-order valence-electron chi connectivity index (χ4n) is 1.69. The smallest absolute Gasteiger partial charge is 0.118 e. The van der Waals surface area contributed by atoms with Gasteiger partial charge in [0.2, 0.25) is 0 Å². The van der Waals surface area contributed by atoms with E-state index in [0.29, 0.717) is 11.9 Å². The Morgan fingerprint density at radius 3 is 2.45 bits per heavy atom. The molecule has 0 aliphatic rings. The Hall–Kier alpha value is -1.00. The Labute approximate surface area is 127 Å². The van der Waals surface area contributed by atoms with Crippen LogP contribution in [0.15, 0.2) is 34.3 Å². The maximum atomic E-state index is 5.35. The lowest BCUT2D eigenvalue weighted by Gasteiger charge is -2.08. The molecule has 0 fully saturated rings. The quantitative estimate of drug-likeness (QED) is 0.315. The van der Waals surface area contributed by atoms with Crippen molar-refractivity contribution in [3.05, 3.63) is 29.8 Å². The van der Waals surface area contributed by atoms with Gasteiger partial charge in [0.1, 0.15) is 6.61 Å². The van der Waals surface area contributed by atoms with Crippen LogP contribution in [0.5, 0.6) is 0 Å². The van der Waals surface area contributed by atoms with Crippen LogP contribution in [0, 0.1) is 0 Å². The molecule has 112 valence electrons. The van der Waals surface area contributed by atoms with Crippen molar-refractivity contribution in [2.24, 2.45) is 5.16 Å². The second-order valence-corrected chi connectivity index (χ2v) is 7.01. The van der Waals surface area contributed by atoms with Crippen molar-refractivity contribution in [2.45, 2.75) is 37.3 Å². The van der Waals surface area contributed by atoms with Crippen molar-refractivity contribution < 1.29 is 4.84 Å². The minimum atomic E-state index is 0.607. The molecule has 4 heteroatoms. The van der Waals surface area contributed by atoms with E-state index in [-0.39, 0.29) is 0 Å². The van der Waals surface area contributed by atoms with Crippen LogP contribution in [-0.4, -0.2) is 43.1 Å². The molecule has 0 N–H and O–H groups in total. The molecular formula is C16H26N2OS. The molecule has 0 aliphatic heterocycles. The monoisotopic (exact) mass is 294 g/mol. The van der Waals surface area contributed by atoms with Crippen molar-refractivity contribution in [3.8, 4) is 0 Å². The zero-order valence-electron chi connectivity index (χ0n) is 13.2. The number of thioether (sulfide) groups is 1. The molecule has 0 unspecified atom stereocenters. The first kappa shape index (κ1) is 17.1. The highest BCUT2D eigenvalue weighted by Gasteiger charge is 2.01. The number of rotatable bonds is 8. The summed E-state index contributed by atoms with van der Waals surface area (Å²) in [5.74, 6) is 0. The largest absolute Gasteiger partial charge is 0.396 e. The first-order chi connectivity index (χ1) is 9.49. The zero-order valence-corrected chi connectivity index (χ0v) is 14.0. The second kappa shape index (κ2) is 9.03. The predicted octanol–water partition coefficient (Wildman–Crippen LogP) is 3.88. The summed E-state index contributed by atoms with van der Waals surface area (Å²) in [6.45, 7) is 8.07. The summed E-state index contributed by atoms with van der Waals surface area (Å²) in [6.07, 6.45) is 0.994. The maximum Gasteiger partial charge on any atom is 0.118 e. The van der Waals surface area contributed by atoms with Crippen molar-refractivity contribution in [2.75, 3.05) is 27.2 Å². The van der Waals surface area contributed by atoms with Gasteiger partial charge in [0.15, 0.2) is 0 Å². The van der Waals surface area contributed by atoms with Crippen molar-refractivity contribution in [3.63, 3.8) is 0 Å². The third kappa shape index (κ3) is 6.96. The first-order valence-electron chi connectivity index (χ1n) is 7.07. The van der Waals surface area contributed by atoms with Gasteiger partial charge >= 0.3 is 0 Å². The number of oxime groups is 1. The van der Waals surface area contributed by atoms with Gasteiger partial charge in [-0.1, -0.05) is 31.1 Å². The molecule has 0 amide bonds. The topological polar surface area (TPSA) is 24.8 Å². The van der Waals surface area contributed by atoms with Crippen molar-refractivity contribution in [1.82, 2.24) is 4.90 Å². The van der Waals surface area contributed by atoms with Crippen LogP contribution in [0.3, 0.4) is 0 Å². The molecule has 1 rings (SSSR count). The molecule has 0 heterocycles. The molecule has 0 aliphatic carbocycles. The lowest BCUT2D eigenvalue weighted by molar-refractivity contribution is 0.135. The molecule has 0 bridgehead atoms. The molecule has 0 saturated carbocycles. The number of benzene rings is 1. The summed E-state index contributed by atoms with van der Waals surface area (Å²) >= 11 is 1.87. The molecule has 0 atom stereocenters. The predicted molar refractivity (Wildman–Crippen MR) is 88.8 cm³/mol. The van der Waals surface area contributed by atoms with Crippen LogP contribution in [0.25, 0.3) is 0 Å². The first-order valence-corrected chi connectivity index (χ1v) is 7.95. The fourth-order valence-corrected chi connectivity index (χ4v) is 2.52. The number of hydrogen-bond donors (Lipinski definition) is 0. The van der Waals surface area contributed by atoms with Gasteiger partial charge in [-0.25, -0.2) is 0 Å². The molecule has 1 aromatic carbocycles. The van der Waals surface area contributed by atoms with Crippen LogP contribution < -0.4 is 0 Å². The summed E-state index contributed by atoms with van der Waals surface area (Å²) in [7, 11) is 4.12. The zero-order chi connectivity index (χ0) is 15.0. The molecule has 0 radical (unpaired) electrons. The lowest BCUT2D eigenvalue weighted by atomic mass is 10.1. The average molecular weight is 294 g/mol. The van der Waals surface area contributed by atoms with Gasteiger partial charge < -0.3 is 9.74 Å². The summed E-state index contributed by atoms with van der Waals surface area (Å²) in [5.41, 5.74) is 2.04. The summed E-state index contributed by atoms with van der Waals surface area (Å²) in [6, 6.07) is 8.50. The fraction of sp³-hybridized carbons (Fsp3) is 0.562. The molecular weight excluding hydrogens is 268 g/mol. The highest BCUT2D eigenvalue weighted by atomic mass is 32.2. The Morgan fingerprint density at radius 2 is 1.90 bits per heavy atom. The van der Waals surface area contributed by atoms with Gasteiger partial charge in [0.25, 0.3) is 0 Å². The van der Waals surface area contributed by atoms with Crippen LogP contribution in [0.1, 0.15) is 32.8 Å². The lowest BCUT2D eigenvalue weighted by Crippen LogP contribution is -2.14. The van der Waals surface area contributed by atoms with Gasteiger partial charge in [0, 0.05) is 16.7 Å². The third-order valence-electron chi connectivity index (χ3n) is 2.69. The SMILES string of the molecule is C/C(=N\OCCCN(C)C)c1ccc(SC(C)C)cc1. The number of nitrogens with zero attached hydrogens (tertiary/aromatic N) is 2. The summed E-state index contributed by atoms with van der Waals surface area (Å²) in [5, 5.41) is 4.78. The third-order valence-corrected chi connectivity index (χ3v) is 3.70. The van der Waals surface area contributed by atoms with E-state index >= 15 is 0 Å². The molecule has 0 saturated heterocycles. The van der Waals surface area contributed by atoms with Gasteiger partial charge in [-0.05, 0) is 45.1 Å². The van der Waals surface area contributed by atoms with Crippen molar-refractivity contribution in [1.29, 1.82) is 0 Å². The Balaban J connectivity index is 2.44. The van der Waals surface area contributed by atoms with Gasteiger partial charge in [-0.2, -0.15) is 0 Å². The van der Waals surface area contributed by atoms with E-state index in [9.17, 15) is 0 Å². The van der Waals surface area contributed by atoms with E-state index in [1.807, 2.05) is 18.7 Å². The van der Waals surface area contributed by atoms with E-state index in [1.165, 1.54) is 4.90 Å². The summed E-state index contributed by atoms with van der Waals surface area (Å²) < 4.78 is 0. The Morgan fingerprint density at radius 1 is 1.25 bits per heavy atom. The molecule has 0 spiro atoms. The normalized spacial score (nSPS) is 12.2. The van der Waals surface area contributed by atoms with Gasteiger partial charge in [0.05, 0.1) is 5.71 Å².